The molecule has 128 valence electrons. The molecule has 2 heterocycles. The average Bonchev–Trinajstić information content (AvgIpc) is 2.84. The number of hydrogen-bond donors (Lipinski definition) is 1. The van der Waals surface area contributed by atoms with E-state index in [0.717, 1.165) is 32.1 Å². The molecule has 1 N–H and O–H groups in total. The Balaban J connectivity index is 1.56. The fourth-order valence-corrected chi connectivity index (χ4v) is 3.71. The van der Waals surface area contributed by atoms with E-state index in [0.29, 0.717) is 11.4 Å². The van der Waals surface area contributed by atoms with Gasteiger partial charge in [0.15, 0.2) is 6.67 Å². The smallest absolute Gasteiger partial charge is 0.312 e. The fraction of sp³-hybridized carbons (Fsp3) is 0.500. The monoisotopic (exact) mass is 329 g/mol. The number of nitrogens with zero attached hydrogens (tertiary/aromatic N) is 3. The molecule has 1 aromatic carbocycles. The Morgan fingerprint density at radius 1 is 1.25 bits per heavy atom. The van der Waals surface area contributed by atoms with E-state index >= 15 is 0 Å². The van der Waals surface area contributed by atoms with Gasteiger partial charge in [0.2, 0.25) is 0 Å². The summed E-state index contributed by atoms with van der Waals surface area (Å²) in [5.74, 6) is 0.742. The minimum atomic E-state index is -0.324. The average molecular weight is 329 g/mol. The maximum absolute atomic E-state index is 11.1. The lowest BCUT2D eigenvalue weighted by atomic mass is 9.90. The number of aromatic nitrogens is 2. The van der Waals surface area contributed by atoms with Crippen LogP contribution in [0.5, 0.6) is 0 Å². The first kappa shape index (κ1) is 16.6. The second-order valence-electron chi connectivity index (χ2n) is 6.82. The lowest BCUT2D eigenvalue weighted by Gasteiger charge is -2.29. The summed E-state index contributed by atoms with van der Waals surface area (Å²) in [5, 5.41) is 15.5. The molecular weight excluding hydrogens is 304 g/mol. The van der Waals surface area contributed by atoms with Gasteiger partial charge in [0, 0.05) is 0 Å². The van der Waals surface area contributed by atoms with E-state index in [4.69, 9.17) is 0 Å². The van der Waals surface area contributed by atoms with Crippen LogP contribution in [-0.4, -0.2) is 27.8 Å². The molecule has 2 aromatic rings. The van der Waals surface area contributed by atoms with Gasteiger partial charge in [0.25, 0.3) is 0 Å². The van der Waals surface area contributed by atoms with Crippen LogP contribution in [-0.2, 0) is 13.1 Å². The zero-order valence-electron chi connectivity index (χ0n) is 14.4. The minimum absolute atomic E-state index is 0.161. The summed E-state index contributed by atoms with van der Waals surface area (Å²) in [6.07, 6.45) is 3.55. The highest BCUT2D eigenvalue weighted by atomic mass is 16.6. The summed E-state index contributed by atoms with van der Waals surface area (Å²) in [6.45, 7) is 6.43. The van der Waals surface area contributed by atoms with Crippen molar-refractivity contribution in [2.75, 3.05) is 13.1 Å². The molecule has 0 bridgehead atoms. The lowest BCUT2D eigenvalue weighted by Crippen LogP contribution is -3.12. The van der Waals surface area contributed by atoms with Crippen molar-refractivity contribution in [1.29, 1.82) is 0 Å². The molecule has 1 aliphatic heterocycles. The first-order valence-corrected chi connectivity index (χ1v) is 8.60. The van der Waals surface area contributed by atoms with Gasteiger partial charge in [-0.1, -0.05) is 30.3 Å². The third kappa shape index (κ3) is 3.64. The molecule has 0 unspecified atom stereocenters. The highest BCUT2D eigenvalue weighted by molar-refractivity contribution is 5.39. The number of nitrogens with one attached hydrogen (secondary N) is 1. The quantitative estimate of drug-likeness (QED) is 0.673. The highest BCUT2D eigenvalue weighted by Crippen LogP contribution is 2.21. The molecule has 0 spiro atoms. The number of quaternary nitrogens is 1. The number of likely N-dealkylation sites (tertiary alicyclic amines) is 1. The maximum Gasteiger partial charge on any atom is 0.312 e. The van der Waals surface area contributed by atoms with Crippen molar-refractivity contribution >= 4 is 5.69 Å². The molecule has 0 amide bonds. The third-order valence-corrected chi connectivity index (χ3v) is 5.08. The number of nitro groups is 1. The van der Waals surface area contributed by atoms with Crippen molar-refractivity contribution in [1.82, 2.24) is 9.78 Å². The predicted molar refractivity (Wildman–Crippen MR) is 91.9 cm³/mol. The lowest BCUT2D eigenvalue weighted by molar-refractivity contribution is -0.929. The van der Waals surface area contributed by atoms with Crippen LogP contribution in [0.1, 0.15) is 29.8 Å². The topological polar surface area (TPSA) is 65.4 Å². The Morgan fingerprint density at radius 3 is 2.50 bits per heavy atom. The van der Waals surface area contributed by atoms with Crippen LogP contribution in [0.4, 0.5) is 5.69 Å². The van der Waals surface area contributed by atoms with E-state index in [1.807, 2.05) is 0 Å². The molecule has 1 aromatic heterocycles. The van der Waals surface area contributed by atoms with Gasteiger partial charge in [-0.05, 0) is 44.6 Å². The van der Waals surface area contributed by atoms with Crippen LogP contribution in [0.3, 0.4) is 0 Å². The van der Waals surface area contributed by atoms with Crippen LogP contribution in [0.2, 0.25) is 0 Å². The largest absolute Gasteiger partial charge is 0.316 e. The number of aryl methyl sites for hydroxylation is 1. The van der Waals surface area contributed by atoms with Crippen LogP contribution in [0, 0.1) is 29.9 Å². The van der Waals surface area contributed by atoms with Crippen molar-refractivity contribution in [3.63, 3.8) is 0 Å². The van der Waals surface area contributed by atoms with Gasteiger partial charge >= 0.3 is 5.69 Å². The summed E-state index contributed by atoms with van der Waals surface area (Å²) in [7, 11) is 0. The van der Waals surface area contributed by atoms with E-state index in [2.05, 4.69) is 35.4 Å². The van der Waals surface area contributed by atoms with Gasteiger partial charge < -0.3 is 4.90 Å². The summed E-state index contributed by atoms with van der Waals surface area (Å²) >= 11 is 0. The van der Waals surface area contributed by atoms with E-state index in [-0.39, 0.29) is 10.6 Å². The summed E-state index contributed by atoms with van der Waals surface area (Å²) < 4.78 is 1.81. The Labute approximate surface area is 142 Å². The zero-order chi connectivity index (χ0) is 17.1. The highest BCUT2D eigenvalue weighted by Gasteiger charge is 2.26. The van der Waals surface area contributed by atoms with E-state index in [1.54, 1.807) is 18.5 Å². The number of hydrogen-bond acceptors (Lipinski definition) is 3. The molecular formula is C18H25N4O2+. The summed E-state index contributed by atoms with van der Waals surface area (Å²) in [4.78, 5) is 12.2. The predicted octanol–water partition coefficient (Wildman–Crippen LogP) is 1.90. The molecule has 0 radical (unpaired) electrons. The Morgan fingerprint density at radius 2 is 1.92 bits per heavy atom. The van der Waals surface area contributed by atoms with Crippen LogP contribution < -0.4 is 4.90 Å². The SMILES string of the molecule is Cc1nn(C[NH+]2CCC(Cc3ccccc3)CC2)c(C)c1[N+](=O)[O-]. The van der Waals surface area contributed by atoms with Crippen LogP contribution >= 0.6 is 0 Å². The van der Waals surface area contributed by atoms with Crippen LogP contribution in [0.15, 0.2) is 30.3 Å². The maximum atomic E-state index is 11.1. The molecule has 1 saturated heterocycles. The van der Waals surface area contributed by atoms with Crippen molar-refractivity contribution in [3.8, 4) is 0 Å². The van der Waals surface area contributed by atoms with E-state index in [1.165, 1.54) is 23.3 Å². The van der Waals surface area contributed by atoms with Crippen molar-refractivity contribution in [2.45, 2.75) is 39.8 Å². The van der Waals surface area contributed by atoms with Gasteiger partial charge in [-0.2, -0.15) is 5.10 Å². The summed E-state index contributed by atoms with van der Waals surface area (Å²) in [5.41, 5.74) is 2.75. The molecule has 6 nitrogen and oxygen atoms in total. The molecule has 0 atom stereocenters. The third-order valence-electron chi connectivity index (χ3n) is 5.08. The fourth-order valence-electron chi connectivity index (χ4n) is 3.71. The van der Waals surface area contributed by atoms with Crippen molar-refractivity contribution < 1.29 is 9.82 Å². The molecule has 3 rings (SSSR count). The molecule has 24 heavy (non-hydrogen) atoms. The van der Waals surface area contributed by atoms with Crippen LogP contribution in [0.25, 0.3) is 0 Å². The number of rotatable bonds is 5. The first-order valence-electron chi connectivity index (χ1n) is 8.60. The Hall–Kier alpha value is -2.21. The zero-order valence-corrected chi connectivity index (χ0v) is 14.4. The normalized spacial score (nSPS) is 20.9. The molecule has 1 aliphatic rings. The number of benzene rings is 1. The second kappa shape index (κ2) is 7.13. The Bertz CT molecular complexity index is 703. The van der Waals surface area contributed by atoms with Gasteiger partial charge in [-0.3, -0.25) is 10.1 Å². The standard InChI is InChI=1S/C18H24N4O2/c1-14-18(22(23)24)15(2)21(19-14)13-20-10-8-17(9-11-20)12-16-6-4-3-5-7-16/h3-7,17H,8-13H2,1-2H3/p+1. The van der Waals surface area contributed by atoms with E-state index in [9.17, 15) is 10.1 Å². The molecule has 0 aliphatic carbocycles. The minimum Gasteiger partial charge on any atom is -0.316 e. The van der Waals surface area contributed by atoms with E-state index < -0.39 is 0 Å². The van der Waals surface area contributed by atoms with Gasteiger partial charge in [0.1, 0.15) is 11.4 Å². The van der Waals surface area contributed by atoms with Crippen molar-refractivity contribution in [3.05, 3.63) is 57.4 Å². The molecule has 0 saturated carbocycles. The molecule has 1 fully saturated rings. The number of piperidine rings is 1. The van der Waals surface area contributed by atoms with Crippen molar-refractivity contribution in [2.24, 2.45) is 5.92 Å². The first-order chi connectivity index (χ1) is 11.5. The second-order valence-corrected chi connectivity index (χ2v) is 6.82. The van der Waals surface area contributed by atoms with Gasteiger partial charge in [-0.25, -0.2) is 4.68 Å². The Kier molecular flexibility index (Phi) is 4.94. The summed E-state index contributed by atoms with van der Waals surface area (Å²) in [6, 6.07) is 10.7. The molecule has 6 heteroatoms. The van der Waals surface area contributed by atoms with Gasteiger partial charge in [0.05, 0.1) is 18.0 Å². The van der Waals surface area contributed by atoms with Gasteiger partial charge in [-0.15, -0.1) is 0 Å².